The Hall–Kier alpha value is -0.730. The highest BCUT2D eigenvalue weighted by molar-refractivity contribution is 6.30. The van der Waals surface area contributed by atoms with Gasteiger partial charge in [-0.2, -0.15) is 0 Å². The van der Waals surface area contributed by atoms with Crippen LogP contribution in [0.25, 0.3) is 0 Å². The summed E-state index contributed by atoms with van der Waals surface area (Å²) in [6.45, 7) is 4.48. The standard InChI is InChI=1S/C15H22ClNO/c16-14-6-8-15(9-7-14)18-13-5-12-17-10-3-1-2-4-11-17/h6-9H,1-5,10-13H2. The van der Waals surface area contributed by atoms with Crippen LogP contribution in [0.15, 0.2) is 24.3 Å². The van der Waals surface area contributed by atoms with E-state index in [0.717, 1.165) is 30.3 Å². The lowest BCUT2D eigenvalue weighted by Crippen LogP contribution is -2.26. The highest BCUT2D eigenvalue weighted by Gasteiger charge is 2.07. The fourth-order valence-electron chi connectivity index (χ4n) is 2.37. The Morgan fingerprint density at radius 2 is 1.67 bits per heavy atom. The van der Waals surface area contributed by atoms with Gasteiger partial charge in [0.05, 0.1) is 6.61 Å². The zero-order chi connectivity index (χ0) is 12.6. The van der Waals surface area contributed by atoms with Crippen molar-refractivity contribution in [2.75, 3.05) is 26.2 Å². The van der Waals surface area contributed by atoms with E-state index in [1.165, 1.54) is 38.8 Å². The molecule has 0 unspecified atom stereocenters. The zero-order valence-corrected chi connectivity index (χ0v) is 11.7. The topological polar surface area (TPSA) is 12.5 Å². The third kappa shape index (κ3) is 4.87. The second-order valence-electron chi connectivity index (χ2n) is 4.91. The van der Waals surface area contributed by atoms with Crippen LogP contribution in [0.2, 0.25) is 5.02 Å². The molecule has 0 atom stereocenters. The molecule has 100 valence electrons. The molecule has 1 saturated heterocycles. The van der Waals surface area contributed by atoms with Crippen LogP contribution in [0.5, 0.6) is 5.75 Å². The lowest BCUT2D eigenvalue weighted by molar-refractivity contribution is 0.240. The van der Waals surface area contributed by atoms with Crippen molar-refractivity contribution < 1.29 is 4.74 Å². The van der Waals surface area contributed by atoms with Gasteiger partial charge in [0.25, 0.3) is 0 Å². The van der Waals surface area contributed by atoms with Crippen molar-refractivity contribution in [3.8, 4) is 5.75 Å². The van der Waals surface area contributed by atoms with Crippen molar-refractivity contribution in [2.24, 2.45) is 0 Å². The second-order valence-corrected chi connectivity index (χ2v) is 5.35. The van der Waals surface area contributed by atoms with Crippen molar-refractivity contribution in [3.63, 3.8) is 0 Å². The molecule has 0 aromatic heterocycles. The molecule has 18 heavy (non-hydrogen) atoms. The van der Waals surface area contributed by atoms with Gasteiger partial charge in [-0.3, -0.25) is 0 Å². The molecule has 1 fully saturated rings. The van der Waals surface area contributed by atoms with Crippen molar-refractivity contribution in [3.05, 3.63) is 29.3 Å². The van der Waals surface area contributed by atoms with Crippen LogP contribution in [-0.4, -0.2) is 31.1 Å². The molecular weight excluding hydrogens is 246 g/mol. The smallest absolute Gasteiger partial charge is 0.119 e. The fraction of sp³-hybridized carbons (Fsp3) is 0.600. The van der Waals surface area contributed by atoms with E-state index < -0.39 is 0 Å². The number of nitrogens with zero attached hydrogens (tertiary/aromatic N) is 1. The Morgan fingerprint density at radius 3 is 2.33 bits per heavy atom. The summed E-state index contributed by atoms with van der Waals surface area (Å²) in [7, 11) is 0. The summed E-state index contributed by atoms with van der Waals surface area (Å²) in [5.74, 6) is 0.912. The molecule has 1 aromatic rings. The van der Waals surface area contributed by atoms with E-state index in [4.69, 9.17) is 16.3 Å². The summed E-state index contributed by atoms with van der Waals surface area (Å²) in [5.41, 5.74) is 0. The Labute approximate surface area is 115 Å². The van der Waals surface area contributed by atoms with Gasteiger partial charge in [0.1, 0.15) is 5.75 Å². The molecule has 1 aromatic carbocycles. The maximum atomic E-state index is 5.83. The van der Waals surface area contributed by atoms with Gasteiger partial charge in [-0.05, 0) is 56.6 Å². The molecule has 1 aliphatic heterocycles. The number of likely N-dealkylation sites (tertiary alicyclic amines) is 1. The fourth-order valence-corrected chi connectivity index (χ4v) is 2.49. The Morgan fingerprint density at radius 1 is 1.00 bits per heavy atom. The Balaban J connectivity index is 1.61. The summed E-state index contributed by atoms with van der Waals surface area (Å²) in [5, 5.41) is 0.756. The number of ether oxygens (including phenoxy) is 1. The summed E-state index contributed by atoms with van der Waals surface area (Å²) < 4.78 is 5.70. The van der Waals surface area contributed by atoms with E-state index in [1.807, 2.05) is 24.3 Å². The first-order chi connectivity index (χ1) is 8.84. The minimum atomic E-state index is 0.756. The number of halogens is 1. The average Bonchev–Trinajstić information content (AvgIpc) is 2.65. The molecule has 0 aliphatic carbocycles. The molecule has 1 aliphatic rings. The van der Waals surface area contributed by atoms with Gasteiger partial charge in [0.2, 0.25) is 0 Å². The first-order valence-electron chi connectivity index (χ1n) is 6.95. The third-order valence-electron chi connectivity index (χ3n) is 3.40. The lowest BCUT2D eigenvalue weighted by atomic mass is 10.2. The van der Waals surface area contributed by atoms with Crippen molar-refractivity contribution >= 4 is 11.6 Å². The monoisotopic (exact) mass is 267 g/mol. The van der Waals surface area contributed by atoms with Crippen LogP contribution in [0.4, 0.5) is 0 Å². The summed E-state index contributed by atoms with van der Waals surface area (Å²) >= 11 is 5.83. The van der Waals surface area contributed by atoms with Crippen LogP contribution in [0.3, 0.4) is 0 Å². The van der Waals surface area contributed by atoms with Gasteiger partial charge in [0.15, 0.2) is 0 Å². The number of hydrogen-bond donors (Lipinski definition) is 0. The van der Waals surface area contributed by atoms with Gasteiger partial charge in [-0.15, -0.1) is 0 Å². The highest BCUT2D eigenvalue weighted by atomic mass is 35.5. The minimum Gasteiger partial charge on any atom is -0.494 e. The minimum absolute atomic E-state index is 0.756. The van der Waals surface area contributed by atoms with Crippen LogP contribution >= 0.6 is 11.6 Å². The van der Waals surface area contributed by atoms with Crippen LogP contribution in [0.1, 0.15) is 32.1 Å². The predicted octanol–water partition coefficient (Wildman–Crippen LogP) is 3.98. The SMILES string of the molecule is Clc1ccc(OCCCN2CCCCCC2)cc1. The lowest BCUT2D eigenvalue weighted by Gasteiger charge is -2.19. The van der Waals surface area contributed by atoms with Gasteiger partial charge in [-0.1, -0.05) is 24.4 Å². The number of rotatable bonds is 5. The molecule has 0 N–H and O–H groups in total. The molecule has 2 nitrogen and oxygen atoms in total. The molecule has 1 heterocycles. The molecule has 2 rings (SSSR count). The second kappa shape index (κ2) is 7.65. The molecule has 0 amide bonds. The van der Waals surface area contributed by atoms with E-state index in [-0.39, 0.29) is 0 Å². The maximum absolute atomic E-state index is 5.83. The molecule has 0 saturated carbocycles. The number of hydrogen-bond acceptors (Lipinski definition) is 2. The van der Waals surface area contributed by atoms with E-state index in [2.05, 4.69) is 4.90 Å². The molecular formula is C15H22ClNO. The van der Waals surface area contributed by atoms with Crippen molar-refractivity contribution in [2.45, 2.75) is 32.1 Å². The van der Waals surface area contributed by atoms with Gasteiger partial charge >= 0.3 is 0 Å². The number of benzene rings is 1. The van der Waals surface area contributed by atoms with Gasteiger partial charge < -0.3 is 9.64 Å². The van der Waals surface area contributed by atoms with Gasteiger partial charge in [0, 0.05) is 11.6 Å². The Bertz CT molecular complexity index is 331. The predicted molar refractivity (Wildman–Crippen MR) is 76.5 cm³/mol. The maximum Gasteiger partial charge on any atom is 0.119 e. The van der Waals surface area contributed by atoms with Crippen LogP contribution < -0.4 is 4.74 Å². The van der Waals surface area contributed by atoms with E-state index in [9.17, 15) is 0 Å². The molecule has 3 heteroatoms. The van der Waals surface area contributed by atoms with Crippen LogP contribution in [0, 0.1) is 0 Å². The first-order valence-corrected chi connectivity index (χ1v) is 7.33. The van der Waals surface area contributed by atoms with E-state index in [1.54, 1.807) is 0 Å². The molecule has 0 bridgehead atoms. The highest BCUT2D eigenvalue weighted by Crippen LogP contribution is 2.16. The van der Waals surface area contributed by atoms with Crippen molar-refractivity contribution in [1.82, 2.24) is 4.90 Å². The molecule has 0 radical (unpaired) electrons. The van der Waals surface area contributed by atoms with Crippen LogP contribution in [-0.2, 0) is 0 Å². The van der Waals surface area contributed by atoms with E-state index in [0.29, 0.717) is 0 Å². The van der Waals surface area contributed by atoms with E-state index >= 15 is 0 Å². The largest absolute Gasteiger partial charge is 0.494 e. The normalized spacial score (nSPS) is 17.4. The third-order valence-corrected chi connectivity index (χ3v) is 3.65. The zero-order valence-electron chi connectivity index (χ0n) is 10.9. The van der Waals surface area contributed by atoms with Gasteiger partial charge in [-0.25, -0.2) is 0 Å². The quantitative estimate of drug-likeness (QED) is 0.748. The molecule has 0 spiro atoms. The Kier molecular flexibility index (Phi) is 5.82. The summed E-state index contributed by atoms with van der Waals surface area (Å²) in [6.07, 6.45) is 6.62. The summed E-state index contributed by atoms with van der Waals surface area (Å²) in [4.78, 5) is 2.57. The van der Waals surface area contributed by atoms with Crippen molar-refractivity contribution in [1.29, 1.82) is 0 Å². The summed E-state index contributed by atoms with van der Waals surface area (Å²) in [6, 6.07) is 7.58. The average molecular weight is 268 g/mol. The first kappa shape index (κ1) is 13.7.